The van der Waals surface area contributed by atoms with Crippen molar-refractivity contribution in [2.75, 3.05) is 6.54 Å². The van der Waals surface area contributed by atoms with Gasteiger partial charge in [-0.05, 0) is 75.7 Å². The molecular weight excluding hydrogens is 759 g/mol. The van der Waals surface area contributed by atoms with Crippen LogP contribution in [-0.4, -0.2) is 126 Å². The minimum Gasteiger partial charge on any atom is -0.391 e. The van der Waals surface area contributed by atoms with E-state index < -0.39 is 24.0 Å². The smallest absolute Gasteiger partial charge is 0.243 e. The van der Waals surface area contributed by atoms with Crippen LogP contribution in [0.15, 0.2) is 24.4 Å². The molecule has 8 heterocycles. The number of ether oxygens (including phenoxy) is 7. The first-order chi connectivity index (χ1) is 28.1. The fourth-order valence-corrected chi connectivity index (χ4v) is 10.7. The maximum absolute atomic E-state index is 13.7. The number of allylic oxidation sites excluding steroid dienone is 1. The number of Topliss-reactive ketones (excluding diaryl/α,β-unsaturated/α-hetero) is 1. The third kappa shape index (κ3) is 9.65. The quantitative estimate of drug-likeness (QED) is 0.137. The van der Waals surface area contributed by atoms with Gasteiger partial charge in [-0.2, -0.15) is 0 Å². The molecule has 8 aliphatic rings. The molecule has 18 atom stereocenters. The average Bonchev–Trinajstić information content (AvgIpc) is 3.86. The fourth-order valence-electron chi connectivity index (χ4n) is 10.7. The predicted octanol–water partition coefficient (Wildman–Crippen LogP) is 4.16. The van der Waals surface area contributed by atoms with Crippen molar-refractivity contribution in [1.82, 2.24) is 16.0 Å². The van der Waals surface area contributed by atoms with Crippen molar-refractivity contribution in [1.29, 1.82) is 0 Å². The van der Waals surface area contributed by atoms with Gasteiger partial charge in [-0.3, -0.25) is 14.4 Å². The van der Waals surface area contributed by atoms with Gasteiger partial charge in [0.25, 0.3) is 0 Å². The molecule has 0 radical (unpaired) electrons. The van der Waals surface area contributed by atoms with Gasteiger partial charge in [0, 0.05) is 44.3 Å². The van der Waals surface area contributed by atoms with E-state index in [0.29, 0.717) is 38.5 Å². The van der Waals surface area contributed by atoms with E-state index in [1.54, 1.807) is 6.92 Å². The molecule has 8 saturated heterocycles. The van der Waals surface area contributed by atoms with Gasteiger partial charge >= 0.3 is 0 Å². The van der Waals surface area contributed by atoms with Gasteiger partial charge in [-0.15, -0.1) is 0 Å². The van der Waals surface area contributed by atoms with Crippen LogP contribution in [0.25, 0.3) is 0 Å². The summed E-state index contributed by atoms with van der Waals surface area (Å²) in [6, 6.07) is -1.30. The van der Waals surface area contributed by atoms with E-state index in [9.17, 15) is 19.5 Å². The van der Waals surface area contributed by atoms with E-state index in [1.165, 1.54) is 0 Å². The molecule has 0 saturated carbocycles. The summed E-state index contributed by atoms with van der Waals surface area (Å²) in [5.41, 5.74) is 1.92. The minimum absolute atomic E-state index is 0.00597. The van der Waals surface area contributed by atoms with Crippen molar-refractivity contribution in [3.63, 3.8) is 0 Å². The van der Waals surface area contributed by atoms with Crippen LogP contribution in [0.4, 0.5) is 0 Å². The Labute approximate surface area is 350 Å². The van der Waals surface area contributed by atoms with Crippen molar-refractivity contribution in [3.8, 4) is 0 Å². The van der Waals surface area contributed by atoms with Gasteiger partial charge in [0.2, 0.25) is 11.8 Å². The Bertz CT molecular complexity index is 1560. The molecule has 59 heavy (non-hydrogen) atoms. The number of fused-ring (bicyclic) bond motifs is 1. The number of aliphatic hydroxyl groups excluding tert-OH is 1. The highest BCUT2D eigenvalue weighted by molar-refractivity contribution is 5.89. The SMILES string of the molecule is C=C(CC)N[C@H](C(=O)N[C@@H](C)C(=O)NC[C@@H](O)C[C@H]1O[C@@H](C)[C@H](CC(=O)C[C@H]2CC[C@@H]3OC4C5OC6C[C@@](CC[C@H]7CC(=C)[C@H](CC)O7)(O[C@@H]64)O[C@H]5[C@H]3O2)[C@H]1C)C(C)C. The van der Waals surface area contributed by atoms with Crippen LogP contribution >= 0.6 is 0 Å². The van der Waals surface area contributed by atoms with Crippen molar-refractivity contribution in [3.05, 3.63) is 24.4 Å². The van der Waals surface area contributed by atoms with Gasteiger partial charge in [0.15, 0.2) is 5.79 Å². The molecule has 3 unspecified atom stereocenters. The molecule has 0 spiro atoms. The van der Waals surface area contributed by atoms with Crippen LogP contribution in [0.3, 0.4) is 0 Å². The number of hydrogen-bond donors (Lipinski definition) is 4. The van der Waals surface area contributed by atoms with Gasteiger partial charge in [0.1, 0.15) is 48.4 Å². The first-order valence-electron chi connectivity index (χ1n) is 22.6. The lowest BCUT2D eigenvalue weighted by Gasteiger charge is -2.47. The summed E-state index contributed by atoms with van der Waals surface area (Å²) in [4.78, 5) is 39.5. The molecule has 0 aliphatic carbocycles. The molecule has 4 N–H and O–H groups in total. The number of aliphatic hydroxyl groups is 1. The number of hydrogen-bond acceptors (Lipinski definition) is 12. The monoisotopic (exact) mass is 830 g/mol. The Balaban J connectivity index is 0.865. The summed E-state index contributed by atoms with van der Waals surface area (Å²) in [7, 11) is 0. The number of ketones is 1. The van der Waals surface area contributed by atoms with Crippen LogP contribution < -0.4 is 16.0 Å². The van der Waals surface area contributed by atoms with E-state index in [2.05, 4.69) is 43.0 Å². The van der Waals surface area contributed by atoms with Crippen molar-refractivity contribution in [2.45, 2.75) is 216 Å². The van der Waals surface area contributed by atoms with Gasteiger partial charge < -0.3 is 54.2 Å². The average molecular weight is 830 g/mol. The Morgan fingerprint density at radius 2 is 1.59 bits per heavy atom. The summed E-state index contributed by atoms with van der Waals surface area (Å²) < 4.78 is 46.1. The highest BCUT2D eigenvalue weighted by Crippen LogP contribution is 2.54. The van der Waals surface area contributed by atoms with Crippen LogP contribution in [0.2, 0.25) is 0 Å². The van der Waals surface area contributed by atoms with Gasteiger partial charge in [0.05, 0.1) is 48.8 Å². The third-order valence-electron chi connectivity index (χ3n) is 14.2. The highest BCUT2D eigenvalue weighted by Gasteiger charge is 2.68. The molecule has 0 aromatic carbocycles. The maximum Gasteiger partial charge on any atom is 0.243 e. The lowest BCUT2D eigenvalue weighted by atomic mass is 9.82. The Morgan fingerprint density at radius 1 is 0.864 bits per heavy atom. The van der Waals surface area contributed by atoms with Crippen molar-refractivity contribution in [2.24, 2.45) is 17.8 Å². The second-order valence-electron chi connectivity index (χ2n) is 19.0. The summed E-state index contributed by atoms with van der Waals surface area (Å²) in [6.07, 6.45) is 4.26. The standard InChI is InChI=1S/C45H71N3O11/c1-10-24(6)47-37(22(3)4)44(52)48-26(8)43(51)46-21-29(50)19-35-25(7)32(27(9)53-35)18-28(49)17-30-12-13-34-38(55-30)42-41-40(56-34)39-36(57-41)20-45(58-39,59-42)15-14-31-16-23(5)33(11-2)54-31/h22,25-27,29-42,47,50H,5-6,10-21H2,1-4,7-9H3,(H,46,51)(H,48,52)/t25-,26+,27+,29+,30-,31+,32-,33+,34+,35-,36?,37+,38+,39+,40?,41?,42+,45+/m1/s1. The van der Waals surface area contributed by atoms with Gasteiger partial charge in [-0.25, -0.2) is 0 Å². The van der Waals surface area contributed by atoms with Crippen molar-refractivity contribution >= 4 is 17.6 Å². The Morgan fingerprint density at radius 3 is 2.31 bits per heavy atom. The summed E-state index contributed by atoms with van der Waals surface area (Å²) >= 11 is 0. The van der Waals surface area contributed by atoms with E-state index in [-0.39, 0.29) is 115 Å². The number of rotatable bonds is 19. The molecule has 8 aliphatic heterocycles. The zero-order valence-electron chi connectivity index (χ0n) is 36.3. The number of nitrogens with one attached hydrogen (secondary N) is 3. The van der Waals surface area contributed by atoms with Crippen LogP contribution in [0, 0.1) is 17.8 Å². The first-order valence-corrected chi connectivity index (χ1v) is 22.6. The molecule has 6 bridgehead atoms. The topological polar surface area (TPSA) is 172 Å². The zero-order valence-corrected chi connectivity index (χ0v) is 36.3. The van der Waals surface area contributed by atoms with E-state index in [0.717, 1.165) is 43.4 Å². The predicted molar refractivity (Wildman–Crippen MR) is 218 cm³/mol. The van der Waals surface area contributed by atoms with E-state index in [4.69, 9.17) is 33.2 Å². The second kappa shape index (κ2) is 18.5. The lowest BCUT2D eigenvalue weighted by Crippen LogP contribution is -2.61. The molecule has 8 fully saturated rings. The molecule has 8 rings (SSSR count). The summed E-state index contributed by atoms with van der Waals surface area (Å²) in [5, 5.41) is 19.6. The lowest BCUT2D eigenvalue weighted by molar-refractivity contribution is -0.292. The normalized spacial score (nSPS) is 41.0. The zero-order chi connectivity index (χ0) is 42.3. The molecule has 14 heteroatoms. The fraction of sp³-hybridized carbons (Fsp3) is 0.844. The largest absolute Gasteiger partial charge is 0.391 e. The third-order valence-corrected chi connectivity index (χ3v) is 14.2. The molecule has 2 amide bonds. The molecule has 0 aromatic heterocycles. The highest BCUT2D eigenvalue weighted by atomic mass is 16.8. The Hall–Kier alpha value is -2.43. The first kappa shape index (κ1) is 44.6. The van der Waals surface area contributed by atoms with Gasteiger partial charge in [-0.1, -0.05) is 47.8 Å². The van der Waals surface area contributed by atoms with Crippen LogP contribution in [-0.2, 0) is 47.5 Å². The maximum atomic E-state index is 13.7. The molecular formula is C45H71N3O11. The van der Waals surface area contributed by atoms with Crippen LogP contribution in [0.1, 0.15) is 119 Å². The minimum atomic E-state index is -0.861. The molecule has 14 nitrogen and oxygen atoms in total. The van der Waals surface area contributed by atoms with Crippen molar-refractivity contribution < 1.29 is 52.6 Å². The number of carbonyl (C=O) groups excluding carboxylic acids is 3. The number of amides is 2. The van der Waals surface area contributed by atoms with Crippen LogP contribution in [0.5, 0.6) is 0 Å². The molecule has 332 valence electrons. The molecule has 0 aromatic rings. The second-order valence-corrected chi connectivity index (χ2v) is 19.0. The summed E-state index contributed by atoms with van der Waals surface area (Å²) in [5.74, 6) is -1.32. The van der Waals surface area contributed by atoms with E-state index in [1.807, 2.05) is 27.7 Å². The number of carbonyl (C=O) groups is 3. The van der Waals surface area contributed by atoms with E-state index >= 15 is 0 Å². The Kier molecular flexibility index (Phi) is 14.0. The summed E-state index contributed by atoms with van der Waals surface area (Å²) in [6.45, 7) is 21.8.